The highest BCUT2D eigenvalue weighted by Crippen LogP contribution is 2.35. The van der Waals surface area contributed by atoms with Gasteiger partial charge in [0.25, 0.3) is 5.91 Å². The van der Waals surface area contributed by atoms with Crippen molar-refractivity contribution >= 4 is 56.6 Å². The van der Waals surface area contributed by atoms with Crippen LogP contribution in [0.4, 0.5) is 5.95 Å². The van der Waals surface area contributed by atoms with Gasteiger partial charge in [-0.15, -0.1) is 0 Å². The van der Waals surface area contributed by atoms with Crippen molar-refractivity contribution in [3.63, 3.8) is 0 Å². The van der Waals surface area contributed by atoms with Gasteiger partial charge in [-0.3, -0.25) is 4.79 Å². The molecule has 194 valence electrons. The molecule has 1 fully saturated rings. The number of aliphatic carboxylic acids is 1. The number of rotatable bonds is 9. The molecule has 36 heavy (non-hydrogen) atoms. The smallest absolute Gasteiger partial charge is 0.341 e. The predicted octanol–water partition coefficient (Wildman–Crippen LogP) is 0.335. The Morgan fingerprint density at radius 3 is 2.69 bits per heavy atom. The van der Waals surface area contributed by atoms with Crippen molar-refractivity contribution in [3.05, 3.63) is 40.6 Å². The number of hydrogen-bond acceptors (Lipinski definition) is 10. The number of imidazole rings is 1. The molecule has 2 unspecified atom stereocenters. The Kier molecular flexibility index (Phi) is 7.16. The molecular formula is C20H23Cl2N7O6S. The molecule has 3 atom stereocenters. The molecule has 2 aliphatic rings. The van der Waals surface area contributed by atoms with E-state index in [1.165, 1.54) is 18.2 Å². The van der Waals surface area contributed by atoms with Gasteiger partial charge in [-0.05, 0) is 12.1 Å². The van der Waals surface area contributed by atoms with Gasteiger partial charge in [-0.25, -0.2) is 18.2 Å². The highest BCUT2D eigenvalue weighted by molar-refractivity contribution is 7.93. The molecule has 13 nitrogen and oxygen atoms in total. The largest absolute Gasteiger partial charge is 0.479 e. The second-order valence-electron chi connectivity index (χ2n) is 8.52. The number of carboxylic acids is 1. The molecular weight excluding hydrogens is 537 g/mol. The summed E-state index contributed by atoms with van der Waals surface area (Å²) in [5, 5.41) is 21.6. The molecule has 2 aliphatic heterocycles. The number of sulfone groups is 1. The van der Waals surface area contributed by atoms with Gasteiger partial charge in [-0.1, -0.05) is 34.4 Å². The number of nitrogens with zero attached hydrogens (tertiary/aromatic N) is 2. The van der Waals surface area contributed by atoms with Gasteiger partial charge in [0, 0.05) is 44.4 Å². The Labute approximate surface area is 215 Å². The summed E-state index contributed by atoms with van der Waals surface area (Å²) in [5.41, 5.74) is 5.05. The van der Waals surface area contributed by atoms with Crippen LogP contribution in [0.15, 0.2) is 40.6 Å². The van der Waals surface area contributed by atoms with Crippen molar-refractivity contribution in [2.24, 2.45) is 10.9 Å². The maximum absolute atomic E-state index is 13.2. The van der Waals surface area contributed by atoms with Crippen LogP contribution in [0.3, 0.4) is 0 Å². The molecule has 1 saturated heterocycles. The van der Waals surface area contributed by atoms with Crippen LogP contribution in [0, 0.1) is 0 Å². The van der Waals surface area contributed by atoms with E-state index < -0.39 is 43.6 Å². The second kappa shape index (κ2) is 9.86. The molecule has 1 aromatic carbocycles. The maximum atomic E-state index is 13.2. The summed E-state index contributed by atoms with van der Waals surface area (Å²) in [7, 11) is -4.83. The van der Waals surface area contributed by atoms with Crippen molar-refractivity contribution in [1.29, 1.82) is 0 Å². The Bertz CT molecular complexity index is 1290. The Hall–Kier alpha value is -2.91. The summed E-state index contributed by atoms with van der Waals surface area (Å²) >= 11 is 11.9. The first-order valence-electron chi connectivity index (χ1n) is 10.7. The lowest BCUT2D eigenvalue weighted by Gasteiger charge is -2.26. The zero-order valence-corrected chi connectivity index (χ0v) is 21.0. The van der Waals surface area contributed by atoms with Crippen LogP contribution in [-0.4, -0.2) is 77.2 Å². The van der Waals surface area contributed by atoms with Gasteiger partial charge in [0.1, 0.15) is 10.6 Å². The fraction of sp³-hybridized carbons (Fsp3) is 0.400. The molecule has 4 rings (SSSR count). The summed E-state index contributed by atoms with van der Waals surface area (Å²) in [6, 6.07) is 3.88. The number of halogens is 2. The van der Waals surface area contributed by atoms with Crippen molar-refractivity contribution in [1.82, 2.24) is 20.6 Å². The SMILES string of the molecule is N[C@](CNC(=O)C1=NOC2(CNC(CNc3ncc[nH]3)C2)C1)(C(=O)O)S(=O)(=O)c1c(Cl)cccc1Cl. The summed E-state index contributed by atoms with van der Waals surface area (Å²) in [5.74, 6) is -2.08. The number of benzene rings is 1. The molecule has 7 N–H and O–H groups in total. The van der Waals surface area contributed by atoms with Gasteiger partial charge in [-0.2, -0.15) is 0 Å². The van der Waals surface area contributed by atoms with Crippen LogP contribution >= 0.6 is 23.2 Å². The van der Waals surface area contributed by atoms with E-state index in [4.69, 9.17) is 33.8 Å². The summed E-state index contributed by atoms with van der Waals surface area (Å²) in [4.78, 5) is 33.7. The summed E-state index contributed by atoms with van der Waals surface area (Å²) < 4.78 is 26.3. The molecule has 2 aromatic rings. The third-order valence-electron chi connectivity index (χ3n) is 5.99. The maximum Gasteiger partial charge on any atom is 0.341 e. The van der Waals surface area contributed by atoms with E-state index in [2.05, 4.69) is 31.1 Å². The number of carboxylic acid groups (broad SMARTS) is 1. The van der Waals surface area contributed by atoms with Crippen LogP contribution in [0.2, 0.25) is 10.0 Å². The average molecular weight is 560 g/mol. The number of aromatic nitrogens is 2. The normalized spacial score (nSPS) is 23.1. The van der Waals surface area contributed by atoms with Crippen LogP contribution in [0.25, 0.3) is 0 Å². The number of nitrogens with one attached hydrogen (secondary N) is 4. The van der Waals surface area contributed by atoms with Gasteiger partial charge in [0.05, 0.1) is 16.6 Å². The summed E-state index contributed by atoms with van der Waals surface area (Å²) in [6.45, 7) is 0.00898. The van der Waals surface area contributed by atoms with E-state index in [1.54, 1.807) is 12.4 Å². The molecule has 16 heteroatoms. The molecule has 1 aromatic heterocycles. The van der Waals surface area contributed by atoms with E-state index in [-0.39, 0.29) is 28.2 Å². The third-order valence-corrected chi connectivity index (χ3v) is 9.10. The highest BCUT2D eigenvalue weighted by atomic mass is 35.5. The topological polar surface area (TPSA) is 201 Å². The minimum atomic E-state index is -4.83. The van der Waals surface area contributed by atoms with Crippen molar-refractivity contribution in [2.75, 3.05) is 25.0 Å². The van der Waals surface area contributed by atoms with E-state index in [0.29, 0.717) is 25.5 Å². The highest BCUT2D eigenvalue weighted by Gasteiger charge is 2.51. The molecule has 0 saturated carbocycles. The Morgan fingerprint density at radius 2 is 2.06 bits per heavy atom. The van der Waals surface area contributed by atoms with E-state index in [1.807, 2.05) is 0 Å². The Morgan fingerprint density at radius 1 is 1.33 bits per heavy atom. The number of anilines is 1. The standard InChI is InChI=1S/C20H23Cl2N7O6S/c21-12-2-1-3-13(22)15(12)36(33,34)20(23,17(31)32)10-28-16(30)14-7-19(35-29-14)6-11(27-9-19)8-26-18-24-4-5-25-18/h1-5,11,27H,6-10,23H2,(H,28,30)(H,31,32)(H2,24,25,26)/t11?,19?,20-/m0/s1. The summed E-state index contributed by atoms with van der Waals surface area (Å²) in [6.07, 6.45) is 3.99. The third kappa shape index (κ3) is 4.86. The number of carbonyl (C=O) groups excluding carboxylic acids is 1. The van der Waals surface area contributed by atoms with Gasteiger partial charge >= 0.3 is 5.97 Å². The first-order chi connectivity index (χ1) is 17.0. The van der Waals surface area contributed by atoms with Crippen LogP contribution in [0.5, 0.6) is 0 Å². The molecule has 1 amide bonds. The number of aromatic amines is 1. The van der Waals surface area contributed by atoms with Crippen molar-refractivity contribution in [2.45, 2.75) is 34.3 Å². The lowest BCUT2D eigenvalue weighted by molar-refractivity contribution is -0.139. The van der Waals surface area contributed by atoms with E-state index >= 15 is 0 Å². The number of H-pyrrole nitrogens is 1. The van der Waals surface area contributed by atoms with Gasteiger partial charge < -0.3 is 36.6 Å². The monoisotopic (exact) mass is 559 g/mol. The first kappa shape index (κ1) is 26.2. The lowest BCUT2D eigenvalue weighted by Crippen LogP contribution is -2.61. The molecule has 0 bridgehead atoms. The van der Waals surface area contributed by atoms with E-state index in [0.717, 1.165) is 0 Å². The average Bonchev–Trinajstić information content (AvgIpc) is 3.57. The fourth-order valence-electron chi connectivity index (χ4n) is 4.02. The number of carbonyl (C=O) groups is 2. The number of hydrogen-bond donors (Lipinski definition) is 6. The van der Waals surface area contributed by atoms with Crippen LogP contribution < -0.4 is 21.7 Å². The van der Waals surface area contributed by atoms with Crippen LogP contribution in [-0.2, 0) is 24.3 Å². The van der Waals surface area contributed by atoms with Gasteiger partial charge in [0.2, 0.25) is 14.7 Å². The van der Waals surface area contributed by atoms with E-state index in [9.17, 15) is 23.1 Å². The molecule has 3 heterocycles. The number of amides is 1. The molecule has 0 aliphatic carbocycles. The van der Waals surface area contributed by atoms with Crippen LogP contribution in [0.1, 0.15) is 12.8 Å². The molecule has 1 spiro atoms. The van der Waals surface area contributed by atoms with Gasteiger partial charge in [0.15, 0.2) is 11.5 Å². The van der Waals surface area contributed by atoms with Crippen molar-refractivity contribution < 1.29 is 28.0 Å². The zero-order chi connectivity index (χ0) is 26.1. The predicted molar refractivity (Wildman–Crippen MR) is 131 cm³/mol. The fourth-order valence-corrected chi connectivity index (χ4v) is 6.53. The number of nitrogens with two attached hydrogens (primary N) is 1. The molecule has 0 radical (unpaired) electrons. The van der Waals surface area contributed by atoms with Crippen molar-refractivity contribution in [3.8, 4) is 0 Å². The quantitative estimate of drug-likeness (QED) is 0.248. The minimum Gasteiger partial charge on any atom is -0.479 e. The Balaban J connectivity index is 1.39. The number of oxime groups is 1. The minimum absolute atomic E-state index is 0.0157. The first-order valence-corrected chi connectivity index (χ1v) is 12.9. The lowest BCUT2D eigenvalue weighted by atomic mass is 9.94. The zero-order valence-electron chi connectivity index (χ0n) is 18.6. The second-order valence-corrected chi connectivity index (χ2v) is 11.5.